The van der Waals surface area contributed by atoms with Crippen LogP contribution in [0.3, 0.4) is 0 Å². The number of anilines is 1. The summed E-state index contributed by atoms with van der Waals surface area (Å²) in [5, 5.41) is 6.25. The molecule has 1 aromatic heterocycles. The number of hydrogen-bond donors (Lipinski definition) is 1. The van der Waals surface area contributed by atoms with Crippen molar-refractivity contribution in [2.24, 2.45) is 0 Å². The Balaban J connectivity index is 1.90. The van der Waals surface area contributed by atoms with Gasteiger partial charge in [-0.15, -0.1) is 11.3 Å². The molecule has 0 amide bonds. The molecule has 0 spiro atoms. The smallest absolute Gasteiger partial charge is 0.182 e. The third-order valence-electron chi connectivity index (χ3n) is 1.73. The number of nitrogens with one attached hydrogen (secondary N) is 1. The van der Waals surface area contributed by atoms with E-state index in [1.807, 2.05) is 11.6 Å². The molecule has 4 heteroatoms. The number of unbranched alkanes of at least 4 members (excludes halogenated alkanes) is 1. The van der Waals surface area contributed by atoms with Gasteiger partial charge in [0.15, 0.2) is 5.13 Å². The number of ether oxygens (including phenoxy) is 1. The van der Waals surface area contributed by atoms with Gasteiger partial charge in [-0.05, 0) is 26.7 Å². The van der Waals surface area contributed by atoms with E-state index in [1.165, 1.54) is 0 Å². The molecule has 0 bridgehead atoms. The Morgan fingerprint density at radius 2 is 2.36 bits per heavy atom. The Labute approximate surface area is 89.5 Å². The third kappa shape index (κ3) is 5.19. The van der Waals surface area contributed by atoms with Crippen LogP contribution in [0.4, 0.5) is 5.13 Å². The molecular formula is C10H18N2OS. The van der Waals surface area contributed by atoms with Crippen LogP contribution < -0.4 is 5.32 Å². The second kappa shape index (κ2) is 6.79. The van der Waals surface area contributed by atoms with Crippen LogP contribution in [-0.4, -0.2) is 24.2 Å². The normalized spacial score (nSPS) is 10.8. The van der Waals surface area contributed by atoms with Gasteiger partial charge in [0.1, 0.15) is 0 Å². The van der Waals surface area contributed by atoms with Gasteiger partial charge in [0, 0.05) is 24.7 Å². The first-order valence-electron chi connectivity index (χ1n) is 5.04. The monoisotopic (exact) mass is 214 g/mol. The van der Waals surface area contributed by atoms with Crippen molar-refractivity contribution >= 4 is 16.5 Å². The van der Waals surface area contributed by atoms with Gasteiger partial charge in [-0.1, -0.05) is 0 Å². The van der Waals surface area contributed by atoms with Gasteiger partial charge in [-0.25, -0.2) is 4.98 Å². The number of aromatic nitrogens is 1. The summed E-state index contributed by atoms with van der Waals surface area (Å²) < 4.78 is 5.44. The Bertz CT molecular complexity index is 224. The largest absolute Gasteiger partial charge is 0.379 e. The fourth-order valence-electron chi connectivity index (χ4n) is 1.05. The first kappa shape index (κ1) is 11.5. The van der Waals surface area contributed by atoms with Crippen molar-refractivity contribution in [3.8, 4) is 0 Å². The molecule has 1 aromatic rings. The van der Waals surface area contributed by atoms with E-state index in [9.17, 15) is 0 Å². The maximum atomic E-state index is 5.44. The van der Waals surface area contributed by atoms with Crippen molar-refractivity contribution in [3.05, 3.63) is 11.6 Å². The first-order valence-corrected chi connectivity index (χ1v) is 5.92. The minimum Gasteiger partial charge on any atom is -0.379 e. The van der Waals surface area contributed by atoms with Crippen LogP contribution >= 0.6 is 11.3 Å². The second-order valence-corrected chi connectivity index (χ2v) is 4.29. The van der Waals surface area contributed by atoms with E-state index in [0.717, 1.165) is 31.1 Å². The predicted octanol–water partition coefficient (Wildman–Crippen LogP) is 2.76. The highest BCUT2D eigenvalue weighted by atomic mass is 32.1. The summed E-state index contributed by atoms with van der Waals surface area (Å²) in [7, 11) is 0. The summed E-state index contributed by atoms with van der Waals surface area (Å²) in [6, 6.07) is 0. The van der Waals surface area contributed by atoms with Gasteiger partial charge in [0.2, 0.25) is 0 Å². The number of rotatable bonds is 7. The highest BCUT2D eigenvalue weighted by molar-refractivity contribution is 7.13. The molecule has 0 aliphatic rings. The van der Waals surface area contributed by atoms with Crippen LogP contribution in [0.25, 0.3) is 0 Å². The molecule has 0 fully saturated rings. The van der Waals surface area contributed by atoms with Crippen LogP contribution in [0.15, 0.2) is 11.6 Å². The zero-order valence-corrected chi connectivity index (χ0v) is 9.64. The quantitative estimate of drug-likeness (QED) is 0.709. The lowest BCUT2D eigenvalue weighted by atomic mass is 10.3. The minimum absolute atomic E-state index is 0.349. The lowest BCUT2D eigenvalue weighted by Crippen LogP contribution is -2.06. The highest BCUT2D eigenvalue weighted by Crippen LogP contribution is 2.09. The summed E-state index contributed by atoms with van der Waals surface area (Å²) in [5.74, 6) is 0. The van der Waals surface area contributed by atoms with Crippen molar-refractivity contribution in [3.63, 3.8) is 0 Å². The van der Waals surface area contributed by atoms with E-state index in [2.05, 4.69) is 24.1 Å². The molecule has 3 nitrogen and oxygen atoms in total. The summed E-state index contributed by atoms with van der Waals surface area (Å²) in [4.78, 5) is 4.14. The van der Waals surface area contributed by atoms with Crippen LogP contribution in [0.5, 0.6) is 0 Å². The van der Waals surface area contributed by atoms with Gasteiger partial charge in [0.05, 0.1) is 6.10 Å². The molecule has 80 valence electrons. The SMILES string of the molecule is CC(C)OCCCCNc1nccs1. The Kier molecular flexibility index (Phi) is 5.56. The van der Waals surface area contributed by atoms with Crippen LogP contribution in [-0.2, 0) is 4.74 Å². The zero-order valence-electron chi connectivity index (χ0n) is 8.82. The lowest BCUT2D eigenvalue weighted by molar-refractivity contribution is 0.0765. The van der Waals surface area contributed by atoms with E-state index >= 15 is 0 Å². The topological polar surface area (TPSA) is 34.1 Å². The molecule has 1 heterocycles. The van der Waals surface area contributed by atoms with Gasteiger partial charge in [-0.2, -0.15) is 0 Å². The van der Waals surface area contributed by atoms with Gasteiger partial charge < -0.3 is 10.1 Å². The molecule has 0 saturated carbocycles. The van der Waals surface area contributed by atoms with Crippen molar-refractivity contribution in [2.45, 2.75) is 32.8 Å². The molecular weight excluding hydrogens is 196 g/mol. The predicted molar refractivity (Wildman–Crippen MR) is 60.9 cm³/mol. The molecule has 0 unspecified atom stereocenters. The Hall–Kier alpha value is -0.610. The Morgan fingerprint density at radius 3 is 3.00 bits per heavy atom. The minimum atomic E-state index is 0.349. The van der Waals surface area contributed by atoms with Crippen LogP contribution in [0, 0.1) is 0 Å². The first-order chi connectivity index (χ1) is 6.79. The van der Waals surface area contributed by atoms with E-state index < -0.39 is 0 Å². The van der Waals surface area contributed by atoms with Crippen molar-refractivity contribution < 1.29 is 4.74 Å². The zero-order chi connectivity index (χ0) is 10.2. The number of nitrogens with zero attached hydrogens (tertiary/aromatic N) is 1. The van der Waals surface area contributed by atoms with Gasteiger partial charge in [0.25, 0.3) is 0 Å². The fourth-order valence-corrected chi connectivity index (χ4v) is 1.61. The fraction of sp³-hybridized carbons (Fsp3) is 0.700. The summed E-state index contributed by atoms with van der Waals surface area (Å²) in [5.41, 5.74) is 0. The average Bonchev–Trinajstić information content (AvgIpc) is 2.63. The molecule has 0 aromatic carbocycles. The molecule has 1 rings (SSSR count). The molecule has 0 saturated heterocycles. The third-order valence-corrected chi connectivity index (χ3v) is 2.46. The van der Waals surface area contributed by atoms with Crippen molar-refractivity contribution in [1.82, 2.24) is 4.98 Å². The summed E-state index contributed by atoms with van der Waals surface area (Å²) in [6.45, 7) is 5.97. The van der Waals surface area contributed by atoms with E-state index in [1.54, 1.807) is 11.3 Å². The second-order valence-electron chi connectivity index (χ2n) is 3.39. The van der Waals surface area contributed by atoms with Crippen molar-refractivity contribution in [1.29, 1.82) is 0 Å². The average molecular weight is 214 g/mol. The standard InChI is InChI=1S/C10H18N2OS/c1-9(2)13-7-4-3-5-11-10-12-6-8-14-10/h6,8-9H,3-5,7H2,1-2H3,(H,11,12). The maximum absolute atomic E-state index is 5.44. The van der Waals surface area contributed by atoms with E-state index in [-0.39, 0.29) is 0 Å². The number of hydrogen-bond acceptors (Lipinski definition) is 4. The van der Waals surface area contributed by atoms with Crippen LogP contribution in [0.1, 0.15) is 26.7 Å². The molecule has 1 N–H and O–H groups in total. The summed E-state index contributed by atoms with van der Waals surface area (Å²) in [6.07, 6.45) is 4.40. The van der Waals surface area contributed by atoms with E-state index in [4.69, 9.17) is 4.74 Å². The molecule has 0 aliphatic heterocycles. The van der Waals surface area contributed by atoms with E-state index in [0.29, 0.717) is 6.10 Å². The van der Waals surface area contributed by atoms with Crippen molar-refractivity contribution in [2.75, 3.05) is 18.5 Å². The molecule has 0 aliphatic carbocycles. The Morgan fingerprint density at radius 1 is 1.50 bits per heavy atom. The van der Waals surface area contributed by atoms with Crippen LogP contribution in [0.2, 0.25) is 0 Å². The summed E-state index contributed by atoms with van der Waals surface area (Å²) >= 11 is 1.64. The number of thiazole rings is 1. The molecule has 0 atom stereocenters. The molecule has 0 radical (unpaired) electrons. The van der Waals surface area contributed by atoms with Gasteiger partial charge in [-0.3, -0.25) is 0 Å². The highest BCUT2D eigenvalue weighted by Gasteiger charge is 1.95. The maximum Gasteiger partial charge on any atom is 0.182 e. The van der Waals surface area contributed by atoms with Gasteiger partial charge >= 0.3 is 0 Å². The lowest BCUT2D eigenvalue weighted by Gasteiger charge is -2.07. The molecule has 14 heavy (non-hydrogen) atoms.